The van der Waals surface area contributed by atoms with Crippen LogP contribution in [0, 0.1) is 0 Å². The number of rotatable bonds is 3. The van der Waals surface area contributed by atoms with E-state index in [0.717, 1.165) is 10.9 Å². The molecule has 0 aliphatic carbocycles. The Morgan fingerprint density at radius 3 is 3.00 bits per heavy atom. The quantitative estimate of drug-likeness (QED) is 0.838. The lowest BCUT2D eigenvalue weighted by Crippen LogP contribution is -2.12. The zero-order chi connectivity index (χ0) is 11.7. The van der Waals surface area contributed by atoms with Crippen LogP contribution < -0.4 is 5.73 Å². The Bertz CT molecular complexity index is 509. The van der Waals surface area contributed by atoms with E-state index in [0.29, 0.717) is 17.4 Å². The first kappa shape index (κ1) is 11.2. The van der Waals surface area contributed by atoms with Crippen molar-refractivity contribution in [2.45, 2.75) is 13.0 Å². The molecular formula is C11H14ClN3O. The summed E-state index contributed by atoms with van der Waals surface area (Å²) in [6, 6.07) is 5.71. The van der Waals surface area contributed by atoms with Crippen molar-refractivity contribution < 1.29 is 4.74 Å². The summed E-state index contributed by atoms with van der Waals surface area (Å²) in [5, 5.41) is 5.71. The van der Waals surface area contributed by atoms with E-state index in [-0.39, 0.29) is 6.04 Å². The first-order valence-corrected chi connectivity index (χ1v) is 5.43. The number of ether oxygens (including phenoxy) is 1. The van der Waals surface area contributed by atoms with Gasteiger partial charge in [0.15, 0.2) is 5.15 Å². The molecular weight excluding hydrogens is 226 g/mol. The minimum absolute atomic E-state index is 0.127. The summed E-state index contributed by atoms with van der Waals surface area (Å²) in [6.07, 6.45) is 0. The molecule has 86 valence electrons. The van der Waals surface area contributed by atoms with Gasteiger partial charge in [0.05, 0.1) is 18.2 Å². The summed E-state index contributed by atoms with van der Waals surface area (Å²) in [5.41, 5.74) is 7.40. The normalized spacial score (nSPS) is 13.2. The highest BCUT2D eigenvalue weighted by atomic mass is 35.5. The van der Waals surface area contributed by atoms with Crippen LogP contribution in [0.25, 0.3) is 10.9 Å². The minimum Gasteiger partial charge on any atom is -0.399 e. The average molecular weight is 240 g/mol. The molecule has 0 aliphatic heterocycles. The van der Waals surface area contributed by atoms with Crippen LogP contribution in [0.1, 0.15) is 13.0 Å². The third kappa shape index (κ3) is 1.86. The molecule has 0 amide bonds. The fourth-order valence-electron chi connectivity index (χ4n) is 1.76. The largest absolute Gasteiger partial charge is 0.399 e. The summed E-state index contributed by atoms with van der Waals surface area (Å²) in [7, 11) is 1.66. The number of methoxy groups -OCH3 is 1. The van der Waals surface area contributed by atoms with Crippen molar-refractivity contribution in [1.29, 1.82) is 0 Å². The van der Waals surface area contributed by atoms with Crippen molar-refractivity contribution in [2.24, 2.45) is 0 Å². The molecule has 0 fully saturated rings. The summed E-state index contributed by atoms with van der Waals surface area (Å²) < 4.78 is 6.96. The lowest BCUT2D eigenvalue weighted by Gasteiger charge is -2.12. The van der Waals surface area contributed by atoms with Crippen molar-refractivity contribution >= 4 is 28.2 Å². The van der Waals surface area contributed by atoms with Gasteiger partial charge in [0.1, 0.15) is 0 Å². The number of benzene rings is 1. The van der Waals surface area contributed by atoms with E-state index < -0.39 is 0 Å². The van der Waals surface area contributed by atoms with Gasteiger partial charge in [-0.3, -0.25) is 4.68 Å². The molecule has 2 N–H and O–H groups in total. The molecule has 2 rings (SSSR count). The highest BCUT2D eigenvalue weighted by Gasteiger charge is 2.13. The van der Waals surface area contributed by atoms with Gasteiger partial charge in [-0.15, -0.1) is 0 Å². The number of hydrogen-bond acceptors (Lipinski definition) is 3. The summed E-state index contributed by atoms with van der Waals surface area (Å²) in [5.74, 6) is 0. The van der Waals surface area contributed by atoms with E-state index >= 15 is 0 Å². The summed E-state index contributed by atoms with van der Waals surface area (Å²) in [4.78, 5) is 0. The maximum Gasteiger partial charge on any atom is 0.158 e. The van der Waals surface area contributed by atoms with Crippen LogP contribution in [0.2, 0.25) is 5.15 Å². The van der Waals surface area contributed by atoms with Crippen molar-refractivity contribution in [2.75, 3.05) is 19.5 Å². The molecule has 4 nitrogen and oxygen atoms in total. The van der Waals surface area contributed by atoms with Gasteiger partial charge in [-0.2, -0.15) is 5.10 Å². The van der Waals surface area contributed by atoms with Crippen LogP contribution >= 0.6 is 11.6 Å². The van der Waals surface area contributed by atoms with E-state index in [4.69, 9.17) is 22.1 Å². The number of anilines is 1. The molecule has 0 saturated carbocycles. The molecule has 0 bridgehead atoms. The predicted molar refractivity (Wildman–Crippen MR) is 65.7 cm³/mol. The van der Waals surface area contributed by atoms with Crippen molar-refractivity contribution in [3.05, 3.63) is 23.4 Å². The third-order valence-corrected chi connectivity index (χ3v) is 2.79. The van der Waals surface area contributed by atoms with E-state index in [1.165, 1.54) is 0 Å². The monoisotopic (exact) mass is 239 g/mol. The number of fused-ring (bicyclic) bond motifs is 1. The molecule has 1 aromatic carbocycles. The van der Waals surface area contributed by atoms with Gasteiger partial charge in [-0.1, -0.05) is 11.6 Å². The van der Waals surface area contributed by atoms with Crippen LogP contribution in [-0.2, 0) is 4.74 Å². The predicted octanol–water partition coefficient (Wildman–Crippen LogP) is 2.48. The van der Waals surface area contributed by atoms with Crippen LogP contribution in [-0.4, -0.2) is 23.5 Å². The van der Waals surface area contributed by atoms with Crippen LogP contribution in [0.5, 0.6) is 0 Å². The topological polar surface area (TPSA) is 53.1 Å². The number of hydrogen-bond donors (Lipinski definition) is 1. The van der Waals surface area contributed by atoms with Gasteiger partial charge in [0, 0.05) is 18.2 Å². The summed E-state index contributed by atoms with van der Waals surface area (Å²) >= 11 is 6.06. The standard InChI is InChI=1S/C11H14ClN3O/c1-7(6-16-2)15-10-5-8(13)3-4-9(10)11(12)14-15/h3-5,7H,6,13H2,1-2H3. The Hall–Kier alpha value is -1.26. The Balaban J connectivity index is 2.56. The molecule has 1 unspecified atom stereocenters. The van der Waals surface area contributed by atoms with Crippen LogP contribution in [0.4, 0.5) is 5.69 Å². The average Bonchev–Trinajstić information content (AvgIpc) is 2.56. The Morgan fingerprint density at radius 2 is 2.31 bits per heavy atom. The highest BCUT2D eigenvalue weighted by molar-refractivity contribution is 6.34. The molecule has 16 heavy (non-hydrogen) atoms. The van der Waals surface area contributed by atoms with Crippen molar-refractivity contribution in [3.63, 3.8) is 0 Å². The minimum atomic E-state index is 0.127. The third-order valence-electron chi connectivity index (χ3n) is 2.51. The van der Waals surface area contributed by atoms with E-state index in [1.807, 2.05) is 29.8 Å². The molecule has 0 spiro atoms. The zero-order valence-corrected chi connectivity index (χ0v) is 10.0. The second kappa shape index (κ2) is 4.31. The molecule has 1 aromatic heterocycles. The van der Waals surface area contributed by atoms with Crippen LogP contribution in [0.15, 0.2) is 18.2 Å². The Kier molecular flexibility index (Phi) is 3.03. The second-order valence-corrected chi connectivity index (χ2v) is 4.17. The lowest BCUT2D eigenvalue weighted by molar-refractivity contribution is 0.159. The molecule has 1 atom stereocenters. The number of nitrogen functional groups attached to an aromatic ring is 1. The fraction of sp³-hybridized carbons (Fsp3) is 0.364. The Labute approximate surface area is 98.9 Å². The van der Waals surface area contributed by atoms with Gasteiger partial charge in [0.2, 0.25) is 0 Å². The number of halogens is 1. The number of aromatic nitrogens is 2. The zero-order valence-electron chi connectivity index (χ0n) is 9.27. The first-order valence-electron chi connectivity index (χ1n) is 5.05. The van der Waals surface area contributed by atoms with Gasteiger partial charge in [0.25, 0.3) is 0 Å². The maximum atomic E-state index is 6.06. The second-order valence-electron chi connectivity index (χ2n) is 3.82. The van der Waals surface area contributed by atoms with Gasteiger partial charge in [-0.05, 0) is 25.1 Å². The summed E-state index contributed by atoms with van der Waals surface area (Å²) in [6.45, 7) is 2.61. The first-order chi connectivity index (χ1) is 7.63. The maximum absolute atomic E-state index is 6.06. The Morgan fingerprint density at radius 1 is 1.56 bits per heavy atom. The van der Waals surface area contributed by atoms with Crippen molar-refractivity contribution in [3.8, 4) is 0 Å². The van der Waals surface area contributed by atoms with Crippen LogP contribution in [0.3, 0.4) is 0 Å². The van der Waals surface area contributed by atoms with E-state index in [1.54, 1.807) is 7.11 Å². The molecule has 1 heterocycles. The molecule has 0 aliphatic rings. The smallest absolute Gasteiger partial charge is 0.158 e. The number of nitrogens with zero attached hydrogens (tertiary/aromatic N) is 2. The van der Waals surface area contributed by atoms with E-state index in [9.17, 15) is 0 Å². The van der Waals surface area contributed by atoms with Crippen molar-refractivity contribution in [1.82, 2.24) is 9.78 Å². The molecule has 5 heteroatoms. The lowest BCUT2D eigenvalue weighted by atomic mass is 10.2. The highest BCUT2D eigenvalue weighted by Crippen LogP contribution is 2.27. The van der Waals surface area contributed by atoms with E-state index in [2.05, 4.69) is 5.10 Å². The molecule has 0 radical (unpaired) electrons. The van der Waals surface area contributed by atoms with Gasteiger partial charge in [-0.25, -0.2) is 0 Å². The fourth-order valence-corrected chi connectivity index (χ4v) is 2.00. The van der Waals surface area contributed by atoms with Gasteiger partial charge >= 0.3 is 0 Å². The molecule has 2 aromatic rings. The molecule has 0 saturated heterocycles. The van der Waals surface area contributed by atoms with Gasteiger partial charge < -0.3 is 10.5 Å². The SMILES string of the molecule is COCC(C)n1nc(Cl)c2ccc(N)cc21. The number of nitrogens with two attached hydrogens (primary N) is 1.